The molecule has 1 saturated heterocycles. The van der Waals surface area contributed by atoms with Crippen molar-refractivity contribution in [1.82, 2.24) is 9.80 Å². The average Bonchev–Trinajstić information content (AvgIpc) is 3.33. The van der Waals surface area contributed by atoms with Gasteiger partial charge in [0.15, 0.2) is 0 Å². The molecule has 2 aliphatic rings. The topological polar surface area (TPSA) is 23.6 Å². The Balaban J connectivity index is 1.68. The van der Waals surface area contributed by atoms with Gasteiger partial charge in [0, 0.05) is 18.0 Å². The van der Waals surface area contributed by atoms with Crippen molar-refractivity contribution in [3.8, 4) is 0 Å². The molecule has 1 amide bonds. The highest BCUT2D eigenvalue weighted by atomic mass is 32.2. The molecule has 32 heavy (non-hydrogen) atoms. The third-order valence-electron chi connectivity index (χ3n) is 5.34. The highest BCUT2D eigenvalue weighted by Crippen LogP contribution is 2.50. The first-order valence-corrected chi connectivity index (χ1v) is 12.9. The highest BCUT2D eigenvalue weighted by molar-refractivity contribution is 8.26. The third-order valence-corrected chi connectivity index (χ3v) is 7.94. The molecular formula is C26H26N2OS3. The van der Waals surface area contributed by atoms with Gasteiger partial charge in [0.05, 0.1) is 15.6 Å². The highest BCUT2D eigenvalue weighted by Gasteiger charge is 2.32. The summed E-state index contributed by atoms with van der Waals surface area (Å²) in [6.07, 6.45) is 6.01. The molecule has 0 atom stereocenters. The van der Waals surface area contributed by atoms with Crippen LogP contribution < -0.4 is 0 Å². The van der Waals surface area contributed by atoms with Crippen molar-refractivity contribution in [1.29, 1.82) is 0 Å². The lowest BCUT2D eigenvalue weighted by Crippen LogP contribution is -2.28. The summed E-state index contributed by atoms with van der Waals surface area (Å²) in [5.41, 5.74) is 3.60. The Morgan fingerprint density at radius 1 is 0.875 bits per heavy atom. The lowest BCUT2D eigenvalue weighted by molar-refractivity contribution is -0.122. The molecule has 164 valence electrons. The molecule has 0 aliphatic carbocycles. The van der Waals surface area contributed by atoms with Gasteiger partial charge >= 0.3 is 0 Å². The van der Waals surface area contributed by atoms with Crippen molar-refractivity contribution < 1.29 is 4.79 Å². The van der Waals surface area contributed by atoms with E-state index in [-0.39, 0.29) is 5.91 Å². The Bertz CT molecular complexity index is 1090. The monoisotopic (exact) mass is 478 g/mol. The van der Waals surface area contributed by atoms with Crippen LogP contribution in [-0.4, -0.2) is 33.1 Å². The molecule has 0 N–H and O–H groups in total. The van der Waals surface area contributed by atoms with Crippen LogP contribution in [0.25, 0.3) is 10.6 Å². The number of hydrogen-bond donors (Lipinski definition) is 0. The quantitative estimate of drug-likeness (QED) is 0.316. The number of nitrogens with zero attached hydrogens (tertiary/aromatic N) is 2. The summed E-state index contributed by atoms with van der Waals surface area (Å²) in [6.45, 7) is 5.82. The number of carbonyl (C=O) groups excluding carboxylic acids is 1. The molecule has 0 saturated carbocycles. The van der Waals surface area contributed by atoms with Crippen molar-refractivity contribution >= 4 is 56.6 Å². The fraction of sp³-hybridized carbons (Fsp3) is 0.231. The summed E-state index contributed by atoms with van der Waals surface area (Å²) < 4.78 is 0.660. The van der Waals surface area contributed by atoms with Crippen LogP contribution in [0, 0.1) is 0 Å². The minimum atomic E-state index is 0.0240. The molecule has 2 heterocycles. The molecule has 2 aromatic rings. The molecule has 4 rings (SSSR count). The van der Waals surface area contributed by atoms with Crippen LogP contribution in [0.1, 0.15) is 37.8 Å². The summed E-state index contributed by atoms with van der Waals surface area (Å²) in [4.78, 5) is 18.8. The molecule has 6 heteroatoms. The number of carbonyl (C=O) groups is 1. The largest absolute Gasteiger partial charge is 0.335 e. The number of allylic oxidation sites excluding steroid dienone is 2. The maximum absolute atomic E-state index is 12.8. The SMILES string of the molecule is CCCCN1C(=O)/C(=C\C=C2/SC(c3ccccc3)=C(c3ccccc3)N2CC)SC1=S. The molecule has 2 aromatic carbocycles. The van der Waals surface area contributed by atoms with E-state index in [1.807, 2.05) is 18.2 Å². The van der Waals surface area contributed by atoms with Crippen LogP contribution >= 0.6 is 35.7 Å². The predicted molar refractivity (Wildman–Crippen MR) is 143 cm³/mol. The Labute approximate surface area is 204 Å². The molecule has 0 aromatic heterocycles. The van der Waals surface area contributed by atoms with Gasteiger partial charge in [0.1, 0.15) is 4.32 Å². The molecule has 0 spiro atoms. The zero-order valence-electron chi connectivity index (χ0n) is 18.3. The normalized spacial score (nSPS) is 19.2. The van der Waals surface area contributed by atoms with Gasteiger partial charge in [-0.05, 0) is 36.6 Å². The lowest BCUT2D eigenvalue weighted by atomic mass is 10.1. The Morgan fingerprint density at radius 2 is 1.53 bits per heavy atom. The summed E-state index contributed by atoms with van der Waals surface area (Å²) in [5.74, 6) is 0.0240. The zero-order valence-corrected chi connectivity index (χ0v) is 20.7. The van der Waals surface area contributed by atoms with Gasteiger partial charge < -0.3 is 4.90 Å². The summed E-state index contributed by atoms with van der Waals surface area (Å²) >= 11 is 8.61. The van der Waals surface area contributed by atoms with E-state index in [4.69, 9.17) is 12.2 Å². The molecule has 3 nitrogen and oxygen atoms in total. The molecular weight excluding hydrogens is 453 g/mol. The Hall–Kier alpha value is -2.28. The van der Waals surface area contributed by atoms with E-state index in [1.54, 1.807) is 16.7 Å². The predicted octanol–water partition coefficient (Wildman–Crippen LogP) is 6.97. The number of amides is 1. The number of rotatable bonds is 7. The Kier molecular flexibility index (Phi) is 7.55. The molecule has 0 unspecified atom stereocenters. The van der Waals surface area contributed by atoms with Gasteiger partial charge in [-0.25, -0.2) is 0 Å². The number of thioether (sulfide) groups is 2. The van der Waals surface area contributed by atoms with Crippen LogP contribution in [0.2, 0.25) is 0 Å². The lowest BCUT2D eigenvalue weighted by Gasteiger charge is -2.21. The van der Waals surface area contributed by atoms with Gasteiger partial charge in [-0.3, -0.25) is 9.69 Å². The van der Waals surface area contributed by atoms with E-state index in [9.17, 15) is 4.79 Å². The van der Waals surface area contributed by atoms with Crippen LogP contribution in [-0.2, 0) is 4.79 Å². The van der Waals surface area contributed by atoms with E-state index in [0.29, 0.717) is 15.8 Å². The second-order valence-corrected chi connectivity index (χ2v) is 10.2. The van der Waals surface area contributed by atoms with E-state index in [0.717, 1.165) is 24.4 Å². The molecule has 0 radical (unpaired) electrons. The number of hydrogen-bond acceptors (Lipinski definition) is 5. The number of thiocarbonyl (C=S) groups is 1. The average molecular weight is 479 g/mol. The van der Waals surface area contributed by atoms with Crippen molar-refractivity contribution in [2.24, 2.45) is 0 Å². The third kappa shape index (κ3) is 4.72. The second-order valence-electron chi connectivity index (χ2n) is 7.47. The van der Waals surface area contributed by atoms with Gasteiger partial charge in [0.25, 0.3) is 5.91 Å². The van der Waals surface area contributed by atoms with Crippen LogP contribution in [0.15, 0.2) is 82.7 Å². The van der Waals surface area contributed by atoms with E-state index in [1.165, 1.54) is 33.5 Å². The van der Waals surface area contributed by atoms with Gasteiger partial charge in [-0.15, -0.1) is 0 Å². The first-order chi connectivity index (χ1) is 15.6. The minimum absolute atomic E-state index is 0.0240. The number of unbranched alkanes of at least 4 members (excludes halogenated alkanes) is 1. The maximum Gasteiger partial charge on any atom is 0.266 e. The summed E-state index contributed by atoms with van der Waals surface area (Å²) in [7, 11) is 0. The van der Waals surface area contributed by atoms with Crippen molar-refractivity contribution in [2.45, 2.75) is 26.7 Å². The van der Waals surface area contributed by atoms with E-state index >= 15 is 0 Å². The summed E-state index contributed by atoms with van der Waals surface area (Å²) in [5, 5.41) is 1.11. The van der Waals surface area contributed by atoms with Crippen LogP contribution in [0.4, 0.5) is 0 Å². The minimum Gasteiger partial charge on any atom is -0.335 e. The molecule has 0 bridgehead atoms. The smallest absolute Gasteiger partial charge is 0.266 e. The first-order valence-electron chi connectivity index (χ1n) is 10.9. The van der Waals surface area contributed by atoms with Crippen molar-refractivity contribution in [3.05, 3.63) is 93.9 Å². The Morgan fingerprint density at radius 3 is 2.16 bits per heavy atom. The summed E-state index contributed by atoms with van der Waals surface area (Å²) in [6, 6.07) is 21.0. The van der Waals surface area contributed by atoms with Gasteiger partial charge in [0.2, 0.25) is 0 Å². The van der Waals surface area contributed by atoms with E-state index in [2.05, 4.69) is 73.4 Å². The first kappa shape index (κ1) is 22.9. The van der Waals surface area contributed by atoms with Gasteiger partial charge in [-0.1, -0.05) is 110 Å². The number of benzene rings is 2. The zero-order chi connectivity index (χ0) is 22.5. The maximum atomic E-state index is 12.8. The fourth-order valence-electron chi connectivity index (χ4n) is 3.72. The van der Waals surface area contributed by atoms with E-state index < -0.39 is 0 Å². The van der Waals surface area contributed by atoms with Crippen molar-refractivity contribution in [3.63, 3.8) is 0 Å². The molecule has 2 aliphatic heterocycles. The van der Waals surface area contributed by atoms with Crippen molar-refractivity contribution in [2.75, 3.05) is 13.1 Å². The standard InChI is InChI=1S/C26H26N2OS3/c1-3-5-18-28-25(29)21(31-26(28)30)16-17-22-27(4-2)23(19-12-8-6-9-13-19)24(32-22)20-14-10-7-11-15-20/h6-17H,3-5,18H2,1-2H3/b21-16+,22-17-. The van der Waals surface area contributed by atoms with Crippen LogP contribution in [0.3, 0.4) is 0 Å². The second kappa shape index (κ2) is 10.6. The fourth-order valence-corrected chi connectivity index (χ4v) is 6.22. The van der Waals surface area contributed by atoms with Crippen LogP contribution in [0.5, 0.6) is 0 Å². The molecule has 1 fully saturated rings. The van der Waals surface area contributed by atoms with Gasteiger partial charge in [-0.2, -0.15) is 0 Å².